The minimum absolute atomic E-state index is 0.245. The SMILES string of the molecule is CC1c2cc(C#N)nn2CCN1C(=O)O. The van der Waals surface area contributed by atoms with Crippen molar-refractivity contribution in [3.05, 3.63) is 17.5 Å². The van der Waals surface area contributed by atoms with Crippen molar-refractivity contribution in [2.75, 3.05) is 6.54 Å². The van der Waals surface area contributed by atoms with Crippen LogP contribution in [0.1, 0.15) is 24.4 Å². The number of rotatable bonds is 0. The summed E-state index contributed by atoms with van der Waals surface area (Å²) >= 11 is 0. The second kappa shape index (κ2) is 3.28. The molecule has 0 saturated heterocycles. The summed E-state index contributed by atoms with van der Waals surface area (Å²) in [6.45, 7) is 2.71. The third-order valence-corrected chi connectivity index (χ3v) is 2.62. The molecule has 0 bridgehead atoms. The molecule has 15 heavy (non-hydrogen) atoms. The summed E-state index contributed by atoms with van der Waals surface area (Å²) < 4.78 is 1.70. The van der Waals surface area contributed by atoms with Crippen LogP contribution >= 0.6 is 0 Å². The Balaban J connectivity index is 2.38. The van der Waals surface area contributed by atoms with Crippen LogP contribution in [0.2, 0.25) is 0 Å². The van der Waals surface area contributed by atoms with Crippen LogP contribution in [0.5, 0.6) is 0 Å². The molecule has 2 rings (SSSR count). The molecule has 1 aliphatic heterocycles. The number of hydrogen-bond acceptors (Lipinski definition) is 3. The fourth-order valence-electron chi connectivity index (χ4n) is 1.82. The lowest BCUT2D eigenvalue weighted by atomic mass is 10.1. The molecule has 0 fully saturated rings. The van der Waals surface area contributed by atoms with Crippen molar-refractivity contribution in [1.29, 1.82) is 5.26 Å². The van der Waals surface area contributed by atoms with Gasteiger partial charge in [-0.3, -0.25) is 9.58 Å². The Hall–Kier alpha value is -2.03. The summed E-state index contributed by atoms with van der Waals surface area (Å²) in [6, 6.07) is 3.34. The van der Waals surface area contributed by atoms with E-state index in [2.05, 4.69) is 5.10 Å². The zero-order chi connectivity index (χ0) is 11.0. The van der Waals surface area contributed by atoms with Gasteiger partial charge in [0.15, 0.2) is 5.69 Å². The van der Waals surface area contributed by atoms with E-state index in [1.807, 2.05) is 6.07 Å². The van der Waals surface area contributed by atoms with Gasteiger partial charge in [-0.2, -0.15) is 10.4 Å². The lowest BCUT2D eigenvalue weighted by molar-refractivity contribution is 0.113. The Kier molecular flexibility index (Phi) is 2.08. The molecule has 0 aliphatic carbocycles. The van der Waals surface area contributed by atoms with Crippen LogP contribution in [0.15, 0.2) is 6.07 Å². The summed E-state index contributed by atoms with van der Waals surface area (Å²) in [5.41, 5.74) is 1.12. The Morgan fingerprint density at radius 3 is 3.07 bits per heavy atom. The normalized spacial score (nSPS) is 19.5. The maximum absolute atomic E-state index is 10.9. The fourth-order valence-corrected chi connectivity index (χ4v) is 1.82. The van der Waals surface area contributed by atoms with Crippen molar-refractivity contribution in [3.8, 4) is 6.07 Å². The highest BCUT2D eigenvalue weighted by molar-refractivity contribution is 5.65. The Labute approximate surface area is 86.3 Å². The molecule has 1 amide bonds. The summed E-state index contributed by atoms with van der Waals surface area (Å²) in [4.78, 5) is 12.2. The first-order valence-electron chi connectivity index (χ1n) is 4.61. The maximum atomic E-state index is 10.9. The van der Waals surface area contributed by atoms with Crippen molar-refractivity contribution in [2.45, 2.75) is 19.5 Å². The van der Waals surface area contributed by atoms with E-state index in [1.165, 1.54) is 4.90 Å². The average Bonchev–Trinajstić information content (AvgIpc) is 2.61. The van der Waals surface area contributed by atoms with Crippen LogP contribution in [0.25, 0.3) is 0 Å². The number of fused-ring (bicyclic) bond motifs is 1. The average molecular weight is 206 g/mol. The van der Waals surface area contributed by atoms with Crippen molar-refractivity contribution >= 4 is 6.09 Å². The molecule has 2 heterocycles. The standard InChI is InChI=1S/C9H10N4O2/c1-6-8-4-7(5-10)11-13(8)3-2-12(6)9(14)15/h4,6H,2-3H2,1H3,(H,14,15). The number of aromatic nitrogens is 2. The molecule has 0 aromatic carbocycles. The second-order valence-corrected chi connectivity index (χ2v) is 3.44. The van der Waals surface area contributed by atoms with Gasteiger partial charge in [0, 0.05) is 6.54 Å². The lowest BCUT2D eigenvalue weighted by Gasteiger charge is -2.31. The molecular weight excluding hydrogens is 196 g/mol. The molecule has 6 nitrogen and oxygen atoms in total. The summed E-state index contributed by atoms with van der Waals surface area (Å²) in [5.74, 6) is 0. The third-order valence-electron chi connectivity index (χ3n) is 2.62. The monoisotopic (exact) mass is 206 g/mol. The largest absolute Gasteiger partial charge is 0.465 e. The molecule has 0 spiro atoms. The molecule has 0 radical (unpaired) electrons. The van der Waals surface area contributed by atoms with Gasteiger partial charge in [-0.25, -0.2) is 4.79 Å². The third kappa shape index (κ3) is 1.42. The van der Waals surface area contributed by atoms with Crippen molar-refractivity contribution < 1.29 is 9.90 Å². The first-order valence-corrected chi connectivity index (χ1v) is 4.61. The van der Waals surface area contributed by atoms with Gasteiger partial charge in [0.2, 0.25) is 0 Å². The molecule has 1 atom stereocenters. The number of nitrogens with zero attached hydrogens (tertiary/aromatic N) is 4. The van der Waals surface area contributed by atoms with Crippen molar-refractivity contribution in [3.63, 3.8) is 0 Å². The highest BCUT2D eigenvalue weighted by atomic mass is 16.4. The van der Waals surface area contributed by atoms with Gasteiger partial charge >= 0.3 is 6.09 Å². The predicted octanol–water partition coefficient (Wildman–Crippen LogP) is 0.809. The number of nitriles is 1. The maximum Gasteiger partial charge on any atom is 0.407 e. The van der Waals surface area contributed by atoms with Gasteiger partial charge in [-0.1, -0.05) is 0 Å². The Morgan fingerprint density at radius 2 is 2.47 bits per heavy atom. The smallest absolute Gasteiger partial charge is 0.407 e. The Morgan fingerprint density at radius 1 is 1.73 bits per heavy atom. The first kappa shape index (κ1) is 9.52. The minimum Gasteiger partial charge on any atom is -0.465 e. The van der Waals surface area contributed by atoms with E-state index < -0.39 is 6.09 Å². The van der Waals surface area contributed by atoms with Crippen molar-refractivity contribution in [1.82, 2.24) is 14.7 Å². The number of amides is 1. The van der Waals surface area contributed by atoms with Crippen LogP contribution in [-0.4, -0.2) is 32.4 Å². The minimum atomic E-state index is -0.937. The fraction of sp³-hybridized carbons (Fsp3) is 0.444. The van der Waals surface area contributed by atoms with E-state index in [0.29, 0.717) is 18.8 Å². The quantitative estimate of drug-likeness (QED) is 0.680. The van der Waals surface area contributed by atoms with Gasteiger partial charge in [-0.15, -0.1) is 0 Å². The number of hydrogen-bond donors (Lipinski definition) is 1. The molecule has 1 unspecified atom stereocenters. The van der Waals surface area contributed by atoms with Crippen LogP contribution in [-0.2, 0) is 6.54 Å². The highest BCUT2D eigenvalue weighted by Crippen LogP contribution is 2.25. The van der Waals surface area contributed by atoms with E-state index in [1.54, 1.807) is 17.7 Å². The molecular formula is C9H10N4O2. The molecule has 1 aromatic rings. The van der Waals surface area contributed by atoms with Gasteiger partial charge in [0.05, 0.1) is 18.3 Å². The highest BCUT2D eigenvalue weighted by Gasteiger charge is 2.28. The molecule has 1 aromatic heterocycles. The zero-order valence-corrected chi connectivity index (χ0v) is 8.21. The molecule has 0 saturated carbocycles. The van der Waals surface area contributed by atoms with Gasteiger partial charge < -0.3 is 5.11 Å². The van der Waals surface area contributed by atoms with E-state index in [-0.39, 0.29) is 6.04 Å². The van der Waals surface area contributed by atoms with Gasteiger partial charge in [-0.05, 0) is 13.0 Å². The molecule has 1 N–H and O–H groups in total. The molecule has 6 heteroatoms. The van der Waals surface area contributed by atoms with Crippen LogP contribution in [0.4, 0.5) is 4.79 Å². The van der Waals surface area contributed by atoms with E-state index in [9.17, 15) is 4.79 Å². The summed E-state index contributed by atoms with van der Waals surface area (Å²) in [6.07, 6.45) is -0.937. The number of carboxylic acid groups (broad SMARTS) is 1. The van der Waals surface area contributed by atoms with E-state index >= 15 is 0 Å². The van der Waals surface area contributed by atoms with Gasteiger partial charge in [0.25, 0.3) is 0 Å². The topological polar surface area (TPSA) is 82.2 Å². The number of carbonyl (C=O) groups is 1. The van der Waals surface area contributed by atoms with E-state index in [4.69, 9.17) is 10.4 Å². The zero-order valence-electron chi connectivity index (χ0n) is 8.21. The summed E-state index contributed by atoms with van der Waals surface area (Å²) in [7, 11) is 0. The lowest BCUT2D eigenvalue weighted by Crippen LogP contribution is -2.40. The second-order valence-electron chi connectivity index (χ2n) is 3.44. The van der Waals surface area contributed by atoms with Gasteiger partial charge in [0.1, 0.15) is 6.07 Å². The van der Waals surface area contributed by atoms with Crippen molar-refractivity contribution in [2.24, 2.45) is 0 Å². The van der Waals surface area contributed by atoms with Crippen LogP contribution in [0.3, 0.4) is 0 Å². The predicted molar refractivity (Wildman–Crippen MR) is 50.1 cm³/mol. The Bertz CT molecular complexity index is 445. The molecule has 1 aliphatic rings. The van der Waals surface area contributed by atoms with E-state index in [0.717, 1.165) is 5.69 Å². The van der Waals surface area contributed by atoms with Crippen LogP contribution < -0.4 is 0 Å². The first-order chi connectivity index (χ1) is 7.13. The summed E-state index contributed by atoms with van der Waals surface area (Å²) in [5, 5.41) is 21.7. The van der Waals surface area contributed by atoms with Crippen LogP contribution in [0, 0.1) is 11.3 Å². The molecule has 78 valence electrons.